The summed E-state index contributed by atoms with van der Waals surface area (Å²) < 4.78 is 0.841. The lowest BCUT2D eigenvalue weighted by atomic mass is 10.2. The average molecular weight is 309 g/mol. The molecule has 0 atom stereocenters. The van der Waals surface area contributed by atoms with E-state index in [0.717, 1.165) is 29.5 Å². The molecule has 0 aliphatic carbocycles. The molecule has 3 nitrogen and oxygen atoms in total. The van der Waals surface area contributed by atoms with E-state index in [1.807, 2.05) is 30.3 Å². The Hall–Kier alpha value is -1.36. The van der Waals surface area contributed by atoms with Crippen molar-refractivity contribution in [3.63, 3.8) is 0 Å². The Balaban J connectivity index is 1.72. The van der Waals surface area contributed by atoms with Crippen molar-refractivity contribution in [3.05, 3.63) is 51.2 Å². The highest BCUT2D eigenvalue weighted by Gasteiger charge is 1.99. The van der Waals surface area contributed by atoms with Crippen LogP contribution in [0.4, 0.5) is 5.69 Å². The number of rotatable bonds is 6. The molecule has 0 unspecified atom stereocenters. The van der Waals surface area contributed by atoms with Crippen molar-refractivity contribution in [1.29, 1.82) is 0 Å². The van der Waals surface area contributed by atoms with Gasteiger partial charge in [0.25, 0.3) is 0 Å². The van der Waals surface area contributed by atoms with Crippen LogP contribution in [0.3, 0.4) is 0 Å². The molecule has 0 spiro atoms. The molecule has 2 rings (SSSR count). The van der Waals surface area contributed by atoms with Gasteiger partial charge in [-0.2, -0.15) is 0 Å². The number of nitrogens with one attached hydrogen (secondary N) is 2. The smallest absolute Gasteiger partial charge is 0.221 e. The van der Waals surface area contributed by atoms with E-state index < -0.39 is 0 Å². The van der Waals surface area contributed by atoms with Crippen LogP contribution in [0.5, 0.6) is 0 Å². The van der Waals surface area contributed by atoms with Gasteiger partial charge in [-0.25, -0.2) is 0 Å². The van der Waals surface area contributed by atoms with Gasteiger partial charge in [0.1, 0.15) is 0 Å². The standard InChI is InChI=1S/C15H17ClN2OS/c1-11(19)18-13-4-2-12(3-5-13)10-17-9-8-14-6-7-15(16)20-14/h2-7,17H,8-10H2,1H3,(H,18,19). The molecular weight excluding hydrogens is 292 g/mol. The number of benzene rings is 1. The molecule has 1 amide bonds. The van der Waals surface area contributed by atoms with Crippen LogP contribution >= 0.6 is 22.9 Å². The number of hydrogen-bond acceptors (Lipinski definition) is 3. The van der Waals surface area contributed by atoms with E-state index in [4.69, 9.17) is 11.6 Å². The van der Waals surface area contributed by atoms with E-state index in [9.17, 15) is 4.79 Å². The molecule has 106 valence electrons. The van der Waals surface area contributed by atoms with Gasteiger partial charge < -0.3 is 10.6 Å². The third-order valence-electron chi connectivity index (χ3n) is 2.78. The number of amides is 1. The molecule has 0 bridgehead atoms. The number of halogens is 1. The van der Waals surface area contributed by atoms with Crippen LogP contribution in [-0.2, 0) is 17.8 Å². The minimum atomic E-state index is -0.0505. The Kier molecular flexibility index (Phi) is 5.59. The van der Waals surface area contributed by atoms with Gasteiger partial charge in [-0.3, -0.25) is 4.79 Å². The van der Waals surface area contributed by atoms with Gasteiger partial charge in [0.05, 0.1) is 4.34 Å². The lowest BCUT2D eigenvalue weighted by molar-refractivity contribution is -0.114. The number of carbonyl (C=O) groups excluding carboxylic acids is 1. The third-order valence-corrected chi connectivity index (χ3v) is 4.07. The van der Waals surface area contributed by atoms with Crippen molar-refractivity contribution in [2.75, 3.05) is 11.9 Å². The molecule has 2 aromatic rings. The van der Waals surface area contributed by atoms with Gasteiger partial charge in [0.15, 0.2) is 0 Å². The average Bonchev–Trinajstić information content (AvgIpc) is 2.82. The van der Waals surface area contributed by atoms with Crippen LogP contribution < -0.4 is 10.6 Å². The van der Waals surface area contributed by atoms with Gasteiger partial charge >= 0.3 is 0 Å². The van der Waals surface area contributed by atoms with Gasteiger partial charge in [-0.15, -0.1) is 11.3 Å². The SMILES string of the molecule is CC(=O)Nc1ccc(CNCCc2ccc(Cl)s2)cc1. The van der Waals surface area contributed by atoms with E-state index >= 15 is 0 Å². The molecule has 0 saturated carbocycles. The highest BCUT2D eigenvalue weighted by atomic mass is 35.5. The summed E-state index contributed by atoms with van der Waals surface area (Å²) in [4.78, 5) is 12.2. The predicted molar refractivity (Wildman–Crippen MR) is 85.5 cm³/mol. The maximum absolute atomic E-state index is 10.9. The van der Waals surface area contributed by atoms with Crippen LogP contribution in [0.25, 0.3) is 0 Å². The molecule has 0 radical (unpaired) electrons. The summed E-state index contributed by atoms with van der Waals surface area (Å²) in [5.74, 6) is -0.0505. The largest absolute Gasteiger partial charge is 0.326 e. The monoisotopic (exact) mass is 308 g/mol. The Labute approximate surface area is 128 Å². The van der Waals surface area contributed by atoms with Crippen molar-refractivity contribution < 1.29 is 4.79 Å². The fourth-order valence-corrected chi connectivity index (χ4v) is 2.93. The Morgan fingerprint density at radius 1 is 1.20 bits per heavy atom. The zero-order valence-electron chi connectivity index (χ0n) is 11.3. The summed E-state index contributed by atoms with van der Waals surface area (Å²) in [6, 6.07) is 11.9. The van der Waals surface area contributed by atoms with E-state index in [1.165, 1.54) is 17.4 Å². The molecule has 2 N–H and O–H groups in total. The topological polar surface area (TPSA) is 41.1 Å². The summed E-state index contributed by atoms with van der Waals surface area (Å²) in [5, 5.41) is 6.15. The summed E-state index contributed by atoms with van der Waals surface area (Å²) in [6.07, 6.45) is 0.987. The fraction of sp³-hybridized carbons (Fsp3) is 0.267. The fourth-order valence-electron chi connectivity index (χ4n) is 1.84. The number of anilines is 1. The summed E-state index contributed by atoms with van der Waals surface area (Å²) in [7, 11) is 0. The minimum Gasteiger partial charge on any atom is -0.326 e. The normalized spacial score (nSPS) is 10.5. The summed E-state index contributed by atoms with van der Waals surface area (Å²) >= 11 is 7.51. The molecule has 0 aliphatic heterocycles. The van der Waals surface area contributed by atoms with Crippen LogP contribution in [0.15, 0.2) is 36.4 Å². The van der Waals surface area contributed by atoms with E-state index in [2.05, 4.69) is 16.7 Å². The lowest BCUT2D eigenvalue weighted by Crippen LogP contribution is -2.16. The van der Waals surface area contributed by atoms with Crippen LogP contribution in [0.1, 0.15) is 17.4 Å². The second-order valence-electron chi connectivity index (χ2n) is 4.51. The van der Waals surface area contributed by atoms with Gasteiger partial charge in [-0.05, 0) is 36.2 Å². The van der Waals surface area contributed by atoms with Gasteiger partial charge in [0.2, 0.25) is 5.91 Å². The third kappa shape index (κ3) is 4.96. The van der Waals surface area contributed by atoms with Crippen LogP contribution in [0, 0.1) is 0 Å². The molecule has 0 aliphatic rings. The van der Waals surface area contributed by atoms with E-state index in [-0.39, 0.29) is 5.91 Å². The Bertz CT molecular complexity index is 566. The van der Waals surface area contributed by atoms with Gasteiger partial charge in [0, 0.05) is 30.6 Å². The predicted octanol–water partition coefficient (Wildman–Crippen LogP) is 3.69. The van der Waals surface area contributed by atoms with Crippen molar-refractivity contribution in [2.24, 2.45) is 0 Å². The van der Waals surface area contributed by atoms with Crippen LogP contribution in [-0.4, -0.2) is 12.5 Å². The number of thiophene rings is 1. The van der Waals surface area contributed by atoms with Crippen molar-refractivity contribution >= 4 is 34.5 Å². The Morgan fingerprint density at radius 3 is 2.55 bits per heavy atom. The number of hydrogen-bond donors (Lipinski definition) is 2. The quantitative estimate of drug-likeness (QED) is 0.799. The molecule has 1 heterocycles. The highest BCUT2D eigenvalue weighted by Crippen LogP contribution is 2.21. The minimum absolute atomic E-state index is 0.0505. The molecular formula is C15H17ClN2OS. The molecule has 0 saturated heterocycles. The van der Waals surface area contributed by atoms with Crippen molar-refractivity contribution in [3.8, 4) is 0 Å². The first-order valence-electron chi connectivity index (χ1n) is 6.45. The van der Waals surface area contributed by atoms with Crippen molar-refractivity contribution in [1.82, 2.24) is 5.32 Å². The van der Waals surface area contributed by atoms with Gasteiger partial charge in [-0.1, -0.05) is 23.7 Å². The summed E-state index contributed by atoms with van der Waals surface area (Å²) in [6.45, 7) is 3.25. The second-order valence-corrected chi connectivity index (χ2v) is 6.31. The Morgan fingerprint density at radius 2 is 1.95 bits per heavy atom. The number of carbonyl (C=O) groups is 1. The summed E-state index contributed by atoms with van der Waals surface area (Å²) in [5.41, 5.74) is 2.03. The first-order chi connectivity index (χ1) is 9.63. The second kappa shape index (κ2) is 7.43. The van der Waals surface area contributed by atoms with E-state index in [0.29, 0.717) is 0 Å². The first-order valence-corrected chi connectivity index (χ1v) is 7.64. The highest BCUT2D eigenvalue weighted by molar-refractivity contribution is 7.16. The molecule has 0 fully saturated rings. The van der Waals surface area contributed by atoms with Crippen molar-refractivity contribution in [2.45, 2.75) is 19.9 Å². The first kappa shape index (κ1) is 15.0. The maximum atomic E-state index is 10.9. The maximum Gasteiger partial charge on any atom is 0.221 e. The zero-order chi connectivity index (χ0) is 14.4. The molecule has 20 heavy (non-hydrogen) atoms. The zero-order valence-corrected chi connectivity index (χ0v) is 12.9. The lowest BCUT2D eigenvalue weighted by Gasteiger charge is -2.06. The van der Waals surface area contributed by atoms with E-state index in [1.54, 1.807) is 11.3 Å². The molecule has 1 aromatic carbocycles. The van der Waals surface area contributed by atoms with Crippen LogP contribution in [0.2, 0.25) is 4.34 Å². The molecule has 1 aromatic heterocycles. The molecule has 5 heteroatoms.